The number of hydrogen-bond donors (Lipinski definition) is 1. The average molecular weight is 375 g/mol. The first kappa shape index (κ1) is 18.4. The first-order chi connectivity index (χ1) is 13.3. The minimum atomic E-state index is 0.138. The van der Waals surface area contributed by atoms with Gasteiger partial charge in [0.1, 0.15) is 6.10 Å². The summed E-state index contributed by atoms with van der Waals surface area (Å²) in [4.78, 5) is 7.15. The second-order valence-corrected chi connectivity index (χ2v) is 7.08. The van der Waals surface area contributed by atoms with Crippen LogP contribution >= 0.6 is 0 Å². The normalized spacial score (nSPS) is 25.1. The quantitative estimate of drug-likeness (QED) is 0.625. The van der Waals surface area contributed by atoms with Crippen LogP contribution in [0.3, 0.4) is 0 Å². The van der Waals surface area contributed by atoms with E-state index >= 15 is 0 Å². The monoisotopic (exact) mass is 375 g/mol. The largest absolute Gasteiger partial charge is 0.454 e. The molecule has 7 heteroatoms. The van der Waals surface area contributed by atoms with Crippen LogP contribution in [-0.2, 0) is 15.9 Å². The van der Waals surface area contributed by atoms with Crippen LogP contribution in [0.25, 0.3) is 0 Å². The molecule has 27 heavy (non-hydrogen) atoms. The van der Waals surface area contributed by atoms with E-state index in [-0.39, 0.29) is 12.2 Å². The summed E-state index contributed by atoms with van der Waals surface area (Å²) in [5, 5.41) is 3.43. The van der Waals surface area contributed by atoms with Gasteiger partial charge in [0.15, 0.2) is 17.5 Å². The predicted octanol–water partition coefficient (Wildman–Crippen LogP) is 1.80. The van der Waals surface area contributed by atoms with Gasteiger partial charge in [-0.1, -0.05) is 6.07 Å². The van der Waals surface area contributed by atoms with Crippen LogP contribution in [0.5, 0.6) is 11.5 Å². The van der Waals surface area contributed by atoms with E-state index in [2.05, 4.69) is 23.2 Å². The predicted molar refractivity (Wildman–Crippen MR) is 103 cm³/mol. The third-order valence-corrected chi connectivity index (χ3v) is 5.21. The third kappa shape index (κ3) is 4.47. The maximum Gasteiger partial charge on any atom is 0.231 e. The Morgan fingerprint density at radius 2 is 2.07 bits per heavy atom. The number of guanidine groups is 1. The van der Waals surface area contributed by atoms with Crippen LogP contribution < -0.4 is 14.8 Å². The topological polar surface area (TPSA) is 64.6 Å². The number of aliphatic imine (C=N–C) groups is 1. The van der Waals surface area contributed by atoms with Gasteiger partial charge in [-0.05, 0) is 43.9 Å². The molecule has 1 aromatic carbocycles. The number of ether oxygens (including phenoxy) is 4. The molecule has 3 aliphatic heterocycles. The Kier molecular flexibility index (Phi) is 5.99. The molecule has 2 fully saturated rings. The number of hydrogen-bond acceptors (Lipinski definition) is 5. The molecule has 0 saturated carbocycles. The van der Waals surface area contributed by atoms with E-state index in [9.17, 15) is 0 Å². The van der Waals surface area contributed by atoms with Crippen LogP contribution in [0.2, 0.25) is 0 Å². The summed E-state index contributed by atoms with van der Waals surface area (Å²) in [5.74, 6) is 2.62. The molecule has 0 bridgehead atoms. The van der Waals surface area contributed by atoms with E-state index in [1.165, 1.54) is 5.56 Å². The molecular weight excluding hydrogens is 346 g/mol. The van der Waals surface area contributed by atoms with Crippen molar-refractivity contribution in [2.75, 3.05) is 46.2 Å². The summed E-state index contributed by atoms with van der Waals surface area (Å²) in [5.41, 5.74) is 1.21. The molecule has 1 N–H and O–H groups in total. The van der Waals surface area contributed by atoms with Crippen molar-refractivity contribution < 1.29 is 18.9 Å². The van der Waals surface area contributed by atoms with Gasteiger partial charge in [0.25, 0.3) is 0 Å². The molecule has 3 aliphatic rings. The van der Waals surface area contributed by atoms with Crippen molar-refractivity contribution in [3.8, 4) is 11.5 Å². The molecule has 0 aromatic heterocycles. The highest BCUT2D eigenvalue weighted by molar-refractivity contribution is 5.80. The standard InChI is InChI=1S/C20H29N3O4/c1-2-21-20(23-9-11-25-19(13-23)16-4-3-10-24-16)22-8-7-15-5-6-17-18(12-15)27-14-26-17/h5-6,12,16,19H,2-4,7-11,13-14H2,1H3,(H,21,22). The first-order valence-electron chi connectivity index (χ1n) is 9.98. The van der Waals surface area contributed by atoms with Gasteiger partial charge in [-0.25, -0.2) is 0 Å². The van der Waals surface area contributed by atoms with Gasteiger partial charge in [-0.3, -0.25) is 4.99 Å². The molecule has 0 radical (unpaired) electrons. The number of nitrogens with zero attached hydrogens (tertiary/aromatic N) is 2. The highest BCUT2D eigenvalue weighted by atomic mass is 16.7. The molecule has 4 rings (SSSR count). The van der Waals surface area contributed by atoms with Crippen molar-refractivity contribution in [3.63, 3.8) is 0 Å². The maximum absolute atomic E-state index is 5.96. The smallest absolute Gasteiger partial charge is 0.231 e. The Labute approximate surface area is 160 Å². The lowest BCUT2D eigenvalue weighted by Gasteiger charge is -2.37. The van der Waals surface area contributed by atoms with Gasteiger partial charge in [0.05, 0.1) is 12.7 Å². The lowest BCUT2D eigenvalue weighted by molar-refractivity contribution is -0.0817. The first-order valence-corrected chi connectivity index (χ1v) is 9.98. The molecule has 148 valence electrons. The number of fused-ring (bicyclic) bond motifs is 1. The van der Waals surface area contributed by atoms with Crippen molar-refractivity contribution in [1.82, 2.24) is 10.2 Å². The molecule has 2 unspecified atom stereocenters. The van der Waals surface area contributed by atoms with E-state index in [0.29, 0.717) is 6.79 Å². The maximum atomic E-state index is 5.96. The zero-order valence-corrected chi connectivity index (χ0v) is 16.0. The lowest BCUT2D eigenvalue weighted by atomic mass is 10.1. The number of nitrogens with one attached hydrogen (secondary N) is 1. The second kappa shape index (κ2) is 8.80. The Balaban J connectivity index is 1.36. The fourth-order valence-corrected chi connectivity index (χ4v) is 3.80. The average Bonchev–Trinajstić information content (AvgIpc) is 3.39. The van der Waals surface area contributed by atoms with E-state index in [1.54, 1.807) is 0 Å². The molecule has 3 heterocycles. The number of rotatable bonds is 5. The molecule has 7 nitrogen and oxygen atoms in total. The van der Waals surface area contributed by atoms with Gasteiger partial charge >= 0.3 is 0 Å². The van der Waals surface area contributed by atoms with E-state index in [0.717, 1.165) is 76.1 Å². The van der Waals surface area contributed by atoms with E-state index in [1.807, 2.05) is 12.1 Å². The van der Waals surface area contributed by atoms with Crippen LogP contribution in [0.15, 0.2) is 23.2 Å². The van der Waals surface area contributed by atoms with Crippen molar-refractivity contribution >= 4 is 5.96 Å². The second-order valence-electron chi connectivity index (χ2n) is 7.08. The summed E-state index contributed by atoms with van der Waals surface area (Å²) in [6, 6.07) is 6.10. The van der Waals surface area contributed by atoms with Gasteiger partial charge in [-0.2, -0.15) is 0 Å². The molecule has 0 spiro atoms. The minimum Gasteiger partial charge on any atom is -0.454 e. The molecule has 2 saturated heterocycles. The van der Waals surface area contributed by atoms with Crippen LogP contribution in [0, 0.1) is 0 Å². The van der Waals surface area contributed by atoms with Gasteiger partial charge in [-0.15, -0.1) is 0 Å². The Bertz CT molecular complexity index is 661. The van der Waals surface area contributed by atoms with Crippen molar-refractivity contribution in [2.45, 2.75) is 38.4 Å². The zero-order valence-electron chi connectivity index (χ0n) is 16.0. The number of morpholine rings is 1. The van der Waals surface area contributed by atoms with Gasteiger partial charge in [0, 0.05) is 32.8 Å². The van der Waals surface area contributed by atoms with Gasteiger partial charge < -0.3 is 29.2 Å². The fraction of sp³-hybridized carbons (Fsp3) is 0.650. The van der Waals surface area contributed by atoms with Crippen molar-refractivity contribution in [2.24, 2.45) is 4.99 Å². The minimum absolute atomic E-state index is 0.138. The highest BCUT2D eigenvalue weighted by Gasteiger charge is 2.32. The number of benzene rings is 1. The molecule has 1 aromatic rings. The molecular formula is C20H29N3O4. The zero-order chi connectivity index (χ0) is 18.5. The highest BCUT2D eigenvalue weighted by Crippen LogP contribution is 2.32. The summed E-state index contributed by atoms with van der Waals surface area (Å²) in [6.45, 7) is 7.26. The fourth-order valence-electron chi connectivity index (χ4n) is 3.80. The van der Waals surface area contributed by atoms with Crippen molar-refractivity contribution in [1.29, 1.82) is 0 Å². The van der Waals surface area contributed by atoms with Crippen LogP contribution in [0.4, 0.5) is 0 Å². The Hall–Kier alpha value is -1.99. The third-order valence-electron chi connectivity index (χ3n) is 5.21. The lowest BCUT2D eigenvalue weighted by Crippen LogP contribution is -2.53. The SMILES string of the molecule is CCNC(=NCCc1ccc2c(c1)OCO2)N1CCOC(C2CCCO2)C1. The van der Waals surface area contributed by atoms with E-state index < -0.39 is 0 Å². The summed E-state index contributed by atoms with van der Waals surface area (Å²) in [6.07, 6.45) is 3.46. The summed E-state index contributed by atoms with van der Waals surface area (Å²) in [7, 11) is 0. The molecule has 2 atom stereocenters. The Morgan fingerprint density at radius 3 is 2.93 bits per heavy atom. The van der Waals surface area contributed by atoms with Crippen LogP contribution in [0.1, 0.15) is 25.3 Å². The van der Waals surface area contributed by atoms with Crippen molar-refractivity contribution in [3.05, 3.63) is 23.8 Å². The molecule has 0 amide bonds. The Morgan fingerprint density at radius 1 is 1.19 bits per heavy atom. The summed E-state index contributed by atoms with van der Waals surface area (Å²) < 4.78 is 22.6. The molecule has 0 aliphatic carbocycles. The van der Waals surface area contributed by atoms with E-state index in [4.69, 9.17) is 23.9 Å². The van der Waals surface area contributed by atoms with Crippen LogP contribution in [-0.4, -0.2) is 69.3 Å². The van der Waals surface area contributed by atoms with Gasteiger partial charge in [0.2, 0.25) is 6.79 Å². The summed E-state index contributed by atoms with van der Waals surface area (Å²) >= 11 is 0.